The van der Waals surface area contributed by atoms with Crippen molar-refractivity contribution in [3.05, 3.63) is 33.9 Å². The molecule has 0 bridgehead atoms. The zero-order valence-electron chi connectivity index (χ0n) is 17.4. The number of aromatic nitrogens is 1. The Balaban J connectivity index is 0.000000523. The summed E-state index contributed by atoms with van der Waals surface area (Å²) in [6, 6.07) is 2.30. The number of piperazine rings is 1. The number of aromatic carboxylic acids is 1. The number of hydrogen-bond acceptors (Lipinski definition) is 7. The van der Waals surface area contributed by atoms with E-state index in [-0.39, 0.29) is 34.6 Å². The van der Waals surface area contributed by atoms with Gasteiger partial charge in [-0.15, -0.1) is 0 Å². The minimum atomic E-state index is -4.67. The summed E-state index contributed by atoms with van der Waals surface area (Å²) in [5.41, 5.74) is 0.0537. The van der Waals surface area contributed by atoms with Crippen molar-refractivity contribution in [1.29, 1.82) is 0 Å². The highest BCUT2D eigenvalue weighted by atomic mass is 32.3. The molecule has 4 rings (SSSR count). The molecule has 4 N–H and O–H groups in total. The fourth-order valence-corrected chi connectivity index (χ4v) is 3.94. The van der Waals surface area contributed by atoms with Crippen LogP contribution >= 0.6 is 0 Å². The fourth-order valence-electron chi connectivity index (χ4n) is 3.94. The van der Waals surface area contributed by atoms with Crippen molar-refractivity contribution < 1.29 is 36.6 Å². The predicted octanol–water partition coefficient (Wildman–Crippen LogP) is 1.33. The van der Waals surface area contributed by atoms with Crippen molar-refractivity contribution in [2.24, 2.45) is 0 Å². The first kappa shape index (κ1) is 23.9. The van der Waals surface area contributed by atoms with E-state index in [1.165, 1.54) is 13.2 Å². The second kappa shape index (κ2) is 9.02. The van der Waals surface area contributed by atoms with Gasteiger partial charge in [0.2, 0.25) is 0 Å². The quantitative estimate of drug-likeness (QED) is 0.477. The Bertz CT molecular complexity index is 1200. The predicted molar refractivity (Wildman–Crippen MR) is 114 cm³/mol. The highest BCUT2D eigenvalue weighted by Gasteiger charge is 2.33. The van der Waals surface area contributed by atoms with Crippen molar-refractivity contribution >= 4 is 33.0 Å². The summed E-state index contributed by atoms with van der Waals surface area (Å²) >= 11 is 0. The lowest BCUT2D eigenvalue weighted by atomic mass is 10.1. The molecular formula is C19H24FN3O8S. The standard InChI is InChI=1S/C19H22FN3O4.H2O4S/c1-10-9-21-5-6-22(10)17-13(20)7-12-15(24)8-14(19(25)26)23(11-3-4-11)16(12)18(17)27-2;1-5(2,3)4/h7-8,10-11,21H,3-6,9H2,1-2H3,(H,25,26);(H2,1,2,3,4). The van der Waals surface area contributed by atoms with Gasteiger partial charge in [-0.1, -0.05) is 0 Å². The van der Waals surface area contributed by atoms with Crippen LogP contribution in [0, 0.1) is 5.82 Å². The maximum absolute atomic E-state index is 15.1. The Kier molecular flexibility index (Phi) is 6.74. The van der Waals surface area contributed by atoms with Gasteiger partial charge in [0.25, 0.3) is 0 Å². The monoisotopic (exact) mass is 473 g/mol. The van der Waals surface area contributed by atoms with E-state index in [1.807, 2.05) is 11.8 Å². The lowest BCUT2D eigenvalue weighted by molar-refractivity contribution is 0.0684. The molecule has 1 saturated carbocycles. The summed E-state index contributed by atoms with van der Waals surface area (Å²) in [5.74, 6) is -1.48. The molecule has 32 heavy (non-hydrogen) atoms. The molecule has 0 spiro atoms. The van der Waals surface area contributed by atoms with Gasteiger partial charge in [-0.25, -0.2) is 9.18 Å². The van der Waals surface area contributed by atoms with E-state index in [9.17, 15) is 14.7 Å². The van der Waals surface area contributed by atoms with Crippen molar-refractivity contribution in [3.8, 4) is 5.75 Å². The summed E-state index contributed by atoms with van der Waals surface area (Å²) in [7, 11) is -3.24. The highest BCUT2D eigenvalue weighted by molar-refractivity contribution is 7.79. The molecule has 2 aromatic rings. The lowest BCUT2D eigenvalue weighted by Crippen LogP contribution is -2.50. The summed E-state index contributed by atoms with van der Waals surface area (Å²) in [6.45, 7) is 3.98. The number of ether oxygens (including phenoxy) is 1. The van der Waals surface area contributed by atoms with Crippen LogP contribution in [0.4, 0.5) is 10.1 Å². The number of nitrogens with one attached hydrogen (secondary N) is 1. The lowest BCUT2D eigenvalue weighted by Gasteiger charge is -2.37. The Labute approximate surface area is 183 Å². The van der Waals surface area contributed by atoms with Gasteiger partial charge in [0.15, 0.2) is 17.0 Å². The molecule has 0 radical (unpaired) electrons. The second-order valence-corrected chi connectivity index (χ2v) is 8.53. The molecule has 1 saturated heterocycles. The molecule has 1 aromatic carbocycles. The molecule has 1 unspecified atom stereocenters. The number of carboxylic acid groups (broad SMARTS) is 1. The van der Waals surface area contributed by atoms with E-state index >= 15 is 4.39 Å². The van der Waals surface area contributed by atoms with Crippen LogP contribution in [0.25, 0.3) is 10.9 Å². The third-order valence-corrected chi connectivity index (χ3v) is 5.34. The van der Waals surface area contributed by atoms with Crippen LogP contribution in [-0.4, -0.2) is 66.0 Å². The molecule has 13 heteroatoms. The minimum Gasteiger partial charge on any atom is -0.492 e. The number of pyridine rings is 1. The first-order chi connectivity index (χ1) is 14.9. The number of nitrogens with zero attached hydrogens (tertiary/aromatic N) is 2. The number of methoxy groups -OCH3 is 1. The number of halogens is 1. The van der Waals surface area contributed by atoms with Gasteiger partial charge in [0.05, 0.1) is 18.0 Å². The van der Waals surface area contributed by atoms with E-state index in [1.54, 1.807) is 4.57 Å². The topological polar surface area (TPSA) is 158 Å². The number of fused-ring (bicyclic) bond motifs is 1. The summed E-state index contributed by atoms with van der Waals surface area (Å²) in [5, 5.41) is 13.0. The van der Waals surface area contributed by atoms with Crippen LogP contribution in [0.2, 0.25) is 0 Å². The third kappa shape index (κ3) is 5.01. The van der Waals surface area contributed by atoms with E-state index in [0.29, 0.717) is 25.2 Å². The molecule has 1 aliphatic carbocycles. The fraction of sp³-hybridized carbons (Fsp3) is 0.474. The Hall–Kier alpha value is -2.74. The SMILES string of the molecule is COc1c(N2CCNCC2C)c(F)cc2c(=O)cc(C(=O)O)n(C3CC3)c12.O=S(=O)(O)O. The summed E-state index contributed by atoms with van der Waals surface area (Å²) < 4.78 is 53.9. The second-order valence-electron chi connectivity index (χ2n) is 7.63. The zero-order chi connectivity index (χ0) is 23.8. The number of anilines is 1. The highest BCUT2D eigenvalue weighted by Crippen LogP contribution is 2.44. The van der Waals surface area contributed by atoms with E-state index in [2.05, 4.69) is 5.32 Å². The van der Waals surface area contributed by atoms with Gasteiger partial charge in [-0.2, -0.15) is 8.42 Å². The molecule has 0 amide bonds. The Morgan fingerprint density at radius 1 is 1.28 bits per heavy atom. The number of benzene rings is 1. The number of rotatable bonds is 4. The van der Waals surface area contributed by atoms with Crippen LogP contribution in [-0.2, 0) is 10.4 Å². The van der Waals surface area contributed by atoms with Gasteiger partial charge in [-0.05, 0) is 25.8 Å². The van der Waals surface area contributed by atoms with Gasteiger partial charge in [0.1, 0.15) is 11.4 Å². The van der Waals surface area contributed by atoms with Crippen molar-refractivity contribution in [2.75, 3.05) is 31.6 Å². The van der Waals surface area contributed by atoms with Gasteiger partial charge >= 0.3 is 16.4 Å². The number of hydrogen-bond donors (Lipinski definition) is 4. The van der Waals surface area contributed by atoms with Crippen LogP contribution in [0.5, 0.6) is 5.75 Å². The summed E-state index contributed by atoms with van der Waals surface area (Å²) in [4.78, 5) is 26.2. The molecule has 1 aromatic heterocycles. The zero-order valence-corrected chi connectivity index (χ0v) is 18.2. The van der Waals surface area contributed by atoms with Crippen LogP contribution in [0.3, 0.4) is 0 Å². The van der Waals surface area contributed by atoms with E-state index in [0.717, 1.165) is 18.9 Å². The Morgan fingerprint density at radius 2 is 1.91 bits per heavy atom. The average Bonchev–Trinajstić information content (AvgIpc) is 3.51. The maximum atomic E-state index is 15.1. The van der Waals surface area contributed by atoms with Gasteiger partial charge in [0, 0.05) is 37.8 Å². The van der Waals surface area contributed by atoms with Crippen LogP contribution < -0.4 is 20.4 Å². The molecule has 2 aliphatic rings. The minimum absolute atomic E-state index is 0.0214. The number of carbonyl (C=O) groups is 1. The normalized spacial score (nSPS) is 18.8. The third-order valence-electron chi connectivity index (χ3n) is 5.34. The van der Waals surface area contributed by atoms with Gasteiger partial charge < -0.3 is 24.6 Å². The smallest absolute Gasteiger partial charge is 0.394 e. The molecule has 2 heterocycles. The maximum Gasteiger partial charge on any atom is 0.394 e. The van der Waals surface area contributed by atoms with Crippen molar-refractivity contribution in [1.82, 2.24) is 9.88 Å². The molecular weight excluding hydrogens is 449 g/mol. The number of carboxylic acids is 1. The largest absolute Gasteiger partial charge is 0.492 e. The Morgan fingerprint density at radius 3 is 2.41 bits per heavy atom. The van der Waals surface area contributed by atoms with E-state index in [4.69, 9.17) is 22.3 Å². The molecule has 2 fully saturated rings. The van der Waals surface area contributed by atoms with Crippen molar-refractivity contribution in [2.45, 2.75) is 31.8 Å². The van der Waals surface area contributed by atoms with Crippen LogP contribution in [0.1, 0.15) is 36.3 Å². The van der Waals surface area contributed by atoms with Gasteiger partial charge in [-0.3, -0.25) is 13.9 Å². The molecule has 1 aliphatic heterocycles. The van der Waals surface area contributed by atoms with E-state index < -0.39 is 27.6 Å². The molecule has 11 nitrogen and oxygen atoms in total. The summed E-state index contributed by atoms with van der Waals surface area (Å²) in [6.07, 6.45) is 1.64. The first-order valence-corrected chi connectivity index (χ1v) is 11.2. The van der Waals surface area contributed by atoms with Crippen LogP contribution in [0.15, 0.2) is 16.9 Å². The average molecular weight is 473 g/mol. The van der Waals surface area contributed by atoms with Crippen molar-refractivity contribution in [3.63, 3.8) is 0 Å². The first-order valence-electron chi connectivity index (χ1n) is 9.80. The molecule has 1 atom stereocenters. The molecule has 176 valence electrons.